The molecule has 4 rings (SSSR count). The van der Waals surface area contributed by atoms with Gasteiger partial charge in [0, 0.05) is 49.3 Å². The average Bonchev–Trinajstić information content (AvgIpc) is 3.31. The molecule has 1 aliphatic heterocycles. The molecule has 1 fully saturated rings. The lowest BCUT2D eigenvalue weighted by atomic mass is 10.2. The molecule has 1 aliphatic rings. The molecule has 150 valence electrons. The number of carbonyl (C=O) groups excluding carboxylic acids is 1. The molecule has 0 unspecified atom stereocenters. The standard InChI is InChI=1S/C22H24N4O3/c27-22(18-3-6-20(7-4-18)26-9-1-2-10-26)24-19-5-8-21(23-17-19)29-16-13-25-11-14-28-15-12-25/h1-10,17H,11-16H2,(H,24,27). The molecule has 1 aromatic carbocycles. The first kappa shape index (κ1) is 19.2. The zero-order chi connectivity index (χ0) is 19.9. The first-order valence-electron chi connectivity index (χ1n) is 9.72. The second kappa shape index (κ2) is 9.36. The number of carbonyl (C=O) groups is 1. The number of rotatable bonds is 7. The first-order chi connectivity index (χ1) is 14.3. The molecule has 0 aliphatic carbocycles. The predicted octanol–water partition coefficient (Wildman–Crippen LogP) is 2.84. The molecule has 0 bridgehead atoms. The number of anilines is 1. The molecular weight excluding hydrogens is 368 g/mol. The Morgan fingerprint density at radius 1 is 1.07 bits per heavy atom. The van der Waals surface area contributed by atoms with Crippen molar-refractivity contribution in [3.63, 3.8) is 0 Å². The predicted molar refractivity (Wildman–Crippen MR) is 111 cm³/mol. The average molecular weight is 392 g/mol. The fourth-order valence-corrected chi connectivity index (χ4v) is 3.14. The van der Waals surface area contributed by atoms with Crippen LogP contribution in [0.1, 0.15) is 10.4 Å². The van der Waals surface area contributed by atoms with Crippen LogP contribution in [0.3, 0.4) is 0 Å². The molecule has 3 aromatic rings. The van der Waals surface area contributed by atoms with E-state index in [1.165, 1.54) is 0 Å². The second-order valence-corrected chi connectivity index (χ2v) is 6.78. The number of pyridine rings is 1. The molecule has 0 saturated carbocycles. The van der Waals surface area contributed by atoms with Crippen molar-refractivity contribution in [3.05, 3.63) is 72.7 Å². The number of benzene rings is 1. The third kappa shape index (κ3) is 5.22. The molecule has 7 nitrogen and oxygen atoms in total. The number of nitrogens with zero attached hydrogens (tertiary/aromatic N) is 3. The Hall–Kier alpha value is -3.16. The van der Waals surface area contributed by atoms with Gasteiger partial charge in [-0.2, -0.15) is 0 Å². The van der Waals surface area contributed by atoms with Gasteiger partial charge in [0.05, 0.1) is 25.1 Å². The van der Waals surface area contributed by atoms with E-state index in [2.05, 4.69) is 15.2 Å². The van der Waals surface area contributed by atoms with Crippen LogP contribution >= 0.6 is 0 Å². The van der Waals surface area contributed by atoms with E-state index in [0.717, 1.165) is 38.5 Å². The Morgan fingerprint density at radius 2 is 1.83 bits per heavy atom. The highest BCUT2D eigenvalue weighted by atomic mass is 16.5. The Morgan fingerprint density at radius 3 is 2.52 bits per heavy atom. The maximum Gasteiger partial charge on any atom is 0.255 e. The van der Waals surface area contributed by atoms with Gasteiger partial charge in [-0.05, 0) is 42.5 Å². The second-order valence-electron chi connectivity index (χ2n) is 6.78. The van der Waals surface area contributed by atoms with Crippen molar-refractivity contribution >= 4 is 11.6 Å². The van der Waals surface area contributed by atoms with Gasteiger partial charge in [-0.3, -0.25) is 9.69 Å². The number of amides is 1. The van der Waals surface area contributed by atoms with Crippen molar-refractivity contribution in [1.82, 2.24) is 14.5 Å². The summed E-state index contributed by atoms with van der Waals surface area (Å²) < 4.78 is 13.0. The molecule has 1 N–H and O–H groups in total. The summed E-state index contributed by atoms with van der Waals surface area (Å²) in [6.07, 6.45) is 5.53. The highest BCUT2D eigenvalue weighted by molar-refractivity contribution is 6.04. The molecule has 2 aromatic heterocycles. The fraction of sp³-hybridized carbons (Fsp3) is 0.273. The van der Waals surface area contributed by atoms with Crippen LogP contribution in [0, 0.1) is 0 Å². The van der Waals surface area contributed by atoms with Gasteiger partial charge < -0.3 is 19.4 Å². The lowest BCUT2D eigenvalue weighted by Gasteiger charge is -2.26. The largest absolute Gasteiger partial charge is 0.476 e. The van der Waals surface area contributed by atoms with Crippen molar-refractivity contribution in [1.29, 1.82) is 0 Å². The smallest absolute Gasteiger partial charge is 0.255 e. The van der Waals surface area contributed by atoms with E-state index in [4.69, 9.17) is 9.47 Å². The van der Waals surface area contributed by atoms with Gasteiger partial charge in [0.15, 0.2) is 0 Å². The number of hydrogen-bond acceptors (Lipinski definition) is 5. The van der Waals surface area contributed by atoms with Crippen LogP contribution in [0.15, 0.2) is 67.1 Å². The number of aromatic nitrogens is 2. The highest BCUT2D eigenvalue weighted by Crippen LogP contribution is 2.15. The van der Waals surface area contributed by atoms with E-state index in [9.17, 15) is 4.79 Å². The third-order valence-electron chi connectivity index (χ3n) is 4.79. The van der Waals surface area contributed by atoms with Gasteiger partial charge in [0.1, 0.15) is 6.61 Å². The van der Waals surface area contributed by atoms with Crippen molar-refractivity contribution in [2.75, 3.05) is 44.8 Å². The Labute approximate surface area is 169 Å². The molecule has 0 spiro atoms. The van der Waals surface area contributed by atoms with Crippen LogP contribution in [-0.4, -0.2) is 59.8 Å². The Balaban J connectivity index is 1.27. The maximum atomic E-state index is 12.5. The number of ether oxygens (including phenoxy) is 2. The summed E-state index contributed by atoms with van der Waals surface area (Å²) in [5.74, 6) is 0.374. The summed E-state index contributed by atoms with van der Waals surface area (Å²) in [6.45, 7) is 4.86. The van der Waals surface area contributed by atoms with Gasteiger partial charge >= 0.3 is 0 Å². The Bertz CT molecular complexity index is 902. The number of nitrogens with one attached hydrogen (secondary N) is 1. The summed E-state index contributed by atoms with van der Waals surface area (Å²) in [4.78, 5) is 19.0. The molecule has 3 heterocycles. The molecule has 1 amide bonds. The van der Waals surface area contributed by atoms with E-state index in [0.29, 0.717) is 23.7 Å². The van der Waals surface area contributed by atoms with Crippen LogP contribution in [0.5, 0.6) is 5.88 Å². The molecular formula is C22H24N4O3. The minimum Gasteiger partial charge on any atom is -0.476 e. The highest BCUT2D eigenvalue weighted by Gasteiger charge is 2.10. The zero-order valence-corrected chi connectivity index (χ0v) is 16.2. The van der Waals surface area contributed by atoms with E-state index in [1.807, 2.05) is 41.2 Å². The van der Waals surface area contributed by atoms with E-state index in [1.54, 1.807) is 30.5 Å². The molecule has 0 atom stereocenters. The van der Waals surface area contributed by atoms with E-state index in [-0.39, 0.29) is 5.91 Å². The number of morpholine rings is 1. The van der Waals surface area contributed by atoms with Crippen molar-refractivity contribution in [2.24, 2.45) is 0 Å². The SMILES string of the molecule is O=C(Nc1ccc(OCCN2CCOCC2)nc1)c1ccc(-n2cccc2)cc1. The topological polar surface area (TPSA) is 68.6 Å². The molecule has 0 radical (unpaired) electrons. The van der Waals surface area contributed by atoms with Crippen LogP contribution in [0.25, 0.3) is 5.69 Å². The normalized spacial score (nSPS) is 14.5. The van der Waals surface area contributed by atoms with E-state index >= 15 is 0 Å². The van der Waals surface area contributed by atoms with Gasteiger partial charge in [-0.1, -0.05) is 0 Å². The van der Waals surface area contributed by atoms with Gasteiger partial charge in [-0.25, -0.2) is 4.98 Å². The lowest BCUT2D eigenvalue weighted by molar-refractivity contribution is 0.0320. The zero-order valence-electron chi connectivity index (χ0n) is 16.2. The summed E-state index contributed by atoms with van der Waals surface area (Å²) in [6, 6.07) is 14.9. The monoisotopic (exact) mass is 392 g/mol. The van der Waals surface area contributed by atoms with Crippen LogP contribution in [-0.2, 0) is 4.74 Å². The van der Waals surface area contributed by atoms with E-state index < -0.39 is 0 Å². The van der Waals surface area contributed by atoms with Gasteiger partial charge in [-0.15, -0.1) is 0 Å². The van der Waals surface area contributed by atoms with Crippen molar-refractivity contribution in [2.45, 2.75) is 0 Å². The van der Waals surface area contributed by atoms with Crippen molar-refractivity contribution < 1.29 is 14.3 Å². The summed E-state index contributed by atoms with van der Waals surface area (Å²) in [5, 5.41) is 2.86. The lowest BCUT2D eigenvalue weighted by Crippen LogP contribution is -2.38. The minimum atomic E-state index is -0.174. The summed E-state index contributed by atoms with van der Waals surface area (Å²) in [5.41, 5.74) is 2.23. The Kier molecular flexibility index (Phi) is 6.19. The summed E-state index contributed by atoms with van der Waals surface area (Å²) in [7, 11) is 0. The van der Waals surface area contributed by atoms with Gasteiger partial charge in [0.25, 0.3) is 5.91 Å². The van der Waals surface area contributed by atoms with Crippen LogP contribution in [0.2, 0.25) is 0 Å². The minimum absolute atomic E-state index is 0.174. The van der Waals surface area contributed by atoms with Crippen LogP contribution < -0.4 is 10.1 Å². The molecule has 1 saturated heterocycles. The quantitative estimate of drug-likeness (QED) is 0.670. The first-order valence-corrected chi connectivity index (χ1v) is 9.72. The molecule has 29 heavy (non-hydrogen) atoms. The van der Waals surface area contributed by atoms with Crippen molar-refractivity contribution in [3.8, 4) is 11.6 Å². The number of hydrogen-bond donors (Lipinski definition) is 1. The maximum absolute atomic E-state index is 12.5. The van der Waals surface area contributed by atoms with Gasteiger partial charge in [0.2, 0.25) is 5.88 Å². The molecule has 7 heteroatoms. The fourth-order valence-electron chi connectivity index (χ4n) is 3.14. The van der Waals surface area contributed by atoms with Crippen LogP contribution in [0.4, 0.5) is 5.69 Å². The summed E-state index contributed by atoms with van der Waals surface area (Å²) >= 11 is 0. The third-order valence-corrected chi connectivity index (χ3v) is 4.79.